The van der Waals surface area contributed by atoms with Crippen LogP contribution in [0.25, 0.3) is 0 Å². The summed E-state index contributed by atoms with van der Waals surface area (Å²) in [7, 11) is 0. The first-order chi connectivity index (χ1) is 10.9. The number of ketones is 1. The van der Waals surface area contributed by atoms with Crippen molar-refractivity contribution in [1.82, 2.24) is 0 Å². The van der Waals surface area contributed by atoms with Crippen LogP contribution < -0.4 is 0 Å². The Morgan fingerprint density at radius 2 is 1.67 bits per heavy atom. The van der Waals surface area contributed by atoms with Gasteiger partial charge in [0.1, 0.15) is 0 Å². The zero-order valence-corrected chi connectivity index (χ0v) is 16.0. The van der Waals surface area contributed by atoms with E-state index in [1.807, 2.05) is 0 Å². The molecule has 0 spiro atoms. The summed E-state index contributed by atoms with van der Waals surface area (Å²) < 4.78 is 0. The van der Waals surface area contributed by atoms with Crippen LogP contribution in [0.1, 0.15) is 73.6 Å². The van der Waals surface area contributed by atoms with E-state index in [4.69, 9.17) is 0 Å². The molecule has 1 N–H and O–H groups in total. The topological polar surface area (TPSA) is 54.4 Å². The average Bonchev–Trinajstić information content (AvgIpc) is 2.45. The minimum atomic E-state index is -0.778. The third-order valence-electron chi connectivity index (χ3n) is 5.51. The number of Topliss-reactive ketones (excluding diaryl/α,β-unsaturated/α-hetero) is 1. The lowest BCUT2D eigenvalue weighted by Crippen LogP contribution is -2.38. The van der Waals surface area contributed by atoms with Crippen LogP contribution in [0, 0.1) is 22.7 Å². The number of hydrogen-bond acceptors (Lipinski definition) is 2. The van der Waals surface area contributed by atoms with E-state index in [0.717, 1.165) is 36.8 Å². The summed E-state index contributed by atoms with van der Waals surface area (Å²) in [6, 6.07) is 0. The van der Waals surface area contributed by atoms with E-state index in [1.54, 1.807) is 0 Å². The summed E-state index contributed by atoms with van der Waals surface area (Å²) in [6.45, 7) is 12.6. The summed E-state index contributed by atoms with van der Waals surface area (Å²) in [6.07, 6.45) is 6.35. The Kier molecular flexibility index (Phi) is 5.13. The van der Waals surface area contributed by atoms with Crippen molar-refractivity contribution in [3.63, 3.8) is 0 Å². The van der Waals surface area contributed by atoms with Crippen molar-refractivity contribution in [2.24, 2.45) is 22.7 Å². The first-order valence-electron chi connectivity index (χ1n) is 9.14. The van der Waals surface area contributed by atoms with Crippen molar-refractivity contribution in [3.05, 3.63) is 22.8 Å². The molecule has 0 aromatic carbocycles. The summed E-state index contributed by atoms with van der Waals surface area (Å²) in [4.78, 5) is 24.7. The maximum atomic E-state index is 13.1. The van der Waals surface area contributed by atoms with Crippen molar-refractivity contribution in [1.29, 1.82) is 0 Å². The van der Waals surface area contributed by atoms with Crippen LogP contribution in [0.15, 0.2) is 22.8 Å². The number of allylic oxidation sites excluding steroid dienone is 3. The van der Waals surface area contributed by atoms with Gasteiger partial charge in [0.2, 0.25) is 0 Å². The number of carbonyl (C=O) groups is 2. The summed E-state index contributed by atoms with van der Waals surface area (Å²) >= 11 is 0. The number of hydrogen-bond donors (Lipinski definition) is 1. The van der Waals surface area contributed by atoms with Gasteiger partial charge in [-0.25, -0.2) is 4.79 Å². The zero-order chi connectivity index (χ0) is 18.3. The van der Waals surface area contributed by atoms with Gasteiger partial charge in [0.25, 0.3) is 0 Å². The molecule has 2 rings (SSSR count). The molecule has 134 valence electrons. The molecule has 0 aromatic rings. The molecule has 2 atom stereocenters. The van der Waals surface area contributed by atoms with Gasteiger partial charge in [0.05, 0.1) is 0 Å². The van der Waals surface area contributed by atoms with Crippen LogP contribution in [-0.4, -0.2) is 16.9 Å². The largest absolute Gasteiger partial charge is 0.478 e. The van der Waals surface area contributed by atoms with E-state index in [-0.39, 0.29) is 28.4 Å². The molecule has 0 radical (unpaired) electrons. The lowest BCUT2D eigenvalue weighted by molar-refractivity contribution is -0.133. The number of carbonyl (C=O) groups excluding carboxylic acids is 1. The second kappa shape index (κ2) is 6.50. The fraction of sp³-hybridized carbons (Fsp3) is 0.714. The summed E-state index contributed by atoms with van der Waals surface area (Å²) in [5.74, 6) is -0.488. The van der Waals surface area contributed by atoms with Gasteiger partial charge in [-0.15, -0.1) is 0 Å². The minimum Gasteiger partial charge on any atom is -0.478 e. The highest BCUT2D eigenvalue weighted by molar-refractivity contribution is 5.99. The van der Waals surface area contributed by atoms with E-state index in [1.165, 1.54) is 0 Å². The summed E-state index contributed by atoms with van der Waals surface area (Å²) in [5, 5.41) is 9.60. The van der Waals surface area contributed by atoms with Crippen molar-refractivity contribution < 1.29 is 14.7 Å². The first kappa shape index (κ1) is 19.0. The Morgan fingerprint density at radius 3 is 2.17 bits per heavy atom. The predicted molar refractivity (Wildman–Crippen MR) is 96.7 cm³/mol. The zero-order valence-electron chi connectivity index (χ0n) is 16.0. The van der Waals surface area contributed by atoms with E-state index in [9.17, 15) is 14.7 Å². The molecule has 0 aromatic heterocycles. The van der Waals surface area contributed by atoms with Crippen molar-refractivity contribution >= 4 is 11.8 Å². The van der Waals surface area contributed by atoms with Gasteiger partial charge in [-0.1, -0.05) is 53.2 Å². The van der Waals surface area contributed by atoms with Crippen LogP contribution in [0.4, 0.5) is 0 Å². The molecule has 3 nitrogen and oxygen atoms in total. The third kappa shape index (κ3) is 3.81. The van der Waals surface area contributed by atoms with Crippen LogP contribution in [-0.2, 0) is 9.59 Å². The fourth-order valence-corrected chi connectivity index (χ4v) is 4.09. The summed E-state index contributed by atoms with van der Waals surface area (Å²) in [5.41, 5.74) is 2.22. The normalized spacial score (nSPS) is 26.4. The number of carboxylic acid groups (broad SMARTS) is 1. The van der Waals surface area contributed by atoms with Gasteiger partial charge in [-0.3, -0.25) is 4.79 Å². The van der Waals surface area contributed by atoms with Crippen LogP contribution in [0.2, 0.25) is 0 Å². The van der Waals surface area contributed by atoms with Crippen molar-refractivity contribution in [3.8, 4) is 0 Å². The molecular formula is C21H32O3. The quantitative estimate of drug-likeness (QED) is 0.759. The first-order valence-corrected chi connectivity index (χ1v) is 9.14. The van der Waals surface area contributed by atoms with Crippen LogP contribution in [0.5, 0.6) is 0 Å². The van der Waals surface area contributed by atoms with Gasteiger partial charge in [-0.2, -0.15) is 0 Å². The van der Waals surface area contributed by atoms with E-state index >= 15 is 0 Å². The Hall–Kier alpha value is -1.38. The molecule has 0 saturated heterocycles. The van der Waals surface area contributed by atoms with Gasteiger partial charge in [0, 0.05) is 11.5 Å². The number of aliphatic carboxylic acids is 1. The lowest BCUT2D eigenvalue weighted by Gasteiger charge is -2.40. The molecule has 0 aliphatic heterocycles. The fourth-order valence-electron chi connectivity index (χ4n) is 4.09. The monoisotopic (exact) mass is 332 g/mol. The molecule has 2 aliphatic rings. The maximum Gasteiger partial charge on any atom is 0.331 e. The maximum absolute atomic E-state index is 13.1. The second-order valence-electron chi connectivity index (χ2n) is 9.47. The van der Waals surface area contributed by atoms with Crippen molar-refractivity contribution in [2.45, 2.75) is 73.6 Å². The Labute approximate surface area is 146 Å². The third-order valence-corrected chi connectivity index (χ3v) is 5.51. The Morgan fingerprint density at radius 1 is 1.08 bits per heavy atom. The standard InChI is InChI=1S/C21H32O3/c1-20(2,3)16-11-13(12-17(18(16)22)21(4,5)6)14-9-7-8-10-15(14)19(23)24/h11,13,17H,7-10,12H2,1-6H3,(H,23,24). The van der Waals surface area contributed by atoms with Gasteiger partial charge < -0.3 is 5.11 Å². The van der Waals surface area contributed by atoms with E-state index < -0.39 is 5.97 Å². The van der Waals surface area contributed by atoms with Gasteiger partial charge in [0.15, 0.2) is 5.78 Å². The number of carboxylic acids is 1. The molecule has 0 bridgehead atoms. The van der Waals surface area contributed by atoms with E-state index in [0.29, 0.717) is 12.0 Å². The number of rotatable bonds is 2. The highest BCUT2D eigenvalue weighted by atomic mass is 16.4. The minimum absolute atomic E-state index is 0.0498. The molecule has 0 fully saturated rings. The Bertz CT molecular complexity index is 594. The average molecular weight is 332 g/mol. The van der Waals surface area contributed by atoms with Gasteiger partial charge >= 0.3 is 5.97 Å². The molecule has 2 aliphatic carbocycles. The SMILES string of the molecule is CC(C)(C)C1=CC(C2=C(C(=O)O)CCCC2)CC(C(C)(C)C)C1=O. The predicted octanol–water partition coefficient (Wildman–Crippen LogP) is 5.17. The highest BCUT2D eigenvalue weighted by Crippen LogP contribution is 2.46. The lowest BCUT2D eigenvalue weighted by atomic mass is 9.63. The molecule has 24 heavy (non-hydrogen) atoms. The second-order valence-corrected chi connectivity index (χ2v) is 9.47. The molecule has 3 heteroatoms. The molecule has 0 saturated carbocycles. The molecule has 0 amide bonds. The van der Waals surface area contributed by atoms with Gasteiger partial charge in [-0.05, 0) is 54.4 Å². The molecule has 0 heterocycles. The smallest absolute Gasteiger partial charge is 0.331 e. The van der Waals surface area contributed by atoms with E-state index in [2.05, 4.69) is 47.6 Å². The van der Waals surface area contributed by atoms with Crippen LogP contribution >= 0.6 is 0 Å². The van der Waals surface area contributed by atoms with Crippen LogP contribution in [0.3, 0.4) is 0 Å². The molecular weight excluding hydrogens is 300 g/mol. The van der Waals surface area contributed by atoms with Crippen molar-refractivity contribution in [2.75, 3.05) is 0 Å². The molecule has 2 unspecified atom stereocenters. The highest BCUT2D eigenvalue weighted by Gasteiger charge is 2.42. The Balaban J connectivity index is 2.54.